The molecule has 0 bridgehead atoms. The van der Waals surface area contributed by atoms with Gasteiger partial charge >= 0.3 is 0 Å². The Hall–Kier alpha value is -3.91. The molecule has 35 heavy (non-hydrogen) atoms. The number of aromatic nitrogens is 1. The third kappa shape index (κ3) is 6.58. The molecule has 1 saturated heterocycles. The van der Waals surface area contributed by atoms with Crippen LogP contribution in [-0.4, -0.2) is 40.7 Å². The molecular weight excluding hydrogens is 468 g/mol. The fourth-order valence-corrected chi connectivity index (χ4v) is 3.89. The number of halogens is 1. The van der Waals surface area contributed by atoms with Gasteiger partial charge in [-0.2, -0.15) is 0 Å². The Kier molecular flexibility index (Phi) is 7.95. The first-order valence-electron chi connectivity index (χ1n) is 11.3. The maximum absolute atomic E-state index is 12.5. The number of rotatable bonds is 6. The molecule has 9 heteroatoms. The average Bonchev–Trinajstić information content (AvgIpc) is 2.91. The van der Waals surface area contributed by atoms with Crippen LogP contribution < -0.4 is 15.6 Å². The Morgan fingerprint density at radius 1 is 0.943 bits per heavy atom. The third-order valence-electron chi connectivity index (χ3n) is 5.80. The summed E-state index contributed by atoms with van der Waals surface area (Å²) in [7, 11) is 0. The number of hydrogen-bond acceptors (Lipinski definition) is 5. The van der Waals surface area contributed by atoms with Crippen molar-refractivity contribution in [2.45, 2.75) is 19.4 Å². The Morgan fingerprint density at radius 3 is 2.31 bits per heavy atom. The summed E-state index contributed by atoms with van der Waals surface area (Å²) in [5.74, 6) is -0.341. The second-order valence-corrected chi connectivity index (χ2v) is 8.63. The van der Waals surface area contributed by atoms with Crippen LogP contribution in [0.3, 0.4) is 0 Å². The second kappa shape index (κ2) is 11.5. The van der Waals surface area contributed by atoms with E-state index >= 15 is 0 Å². The maximum Gasteiger partial charge on any atom is 0.269 e. The quantitative estimate of drug-likeness (QED) is 0.512. The monoisotopic (exact) mass is 492 g/mol. The third-order valence-corrected chi connectivity index (χ3v) is 6.05. The Labute approximate surface area is 208 Å². The van der Waals surface area contributed by atoms with Gasteiger partial charge < -0.3 is 9.64 Å². The zero-order valence-corrected chi connectivity index (χ0v) is 19.7. The van der Waals surface area contributed by atoms with Crippen LogP contribution in [0.2, 0.25) is 5.02 Å². The molecule has 3 aromatic rings. The van der Waals surface area contributed by atoms with Crippen LogP contribution in [0.5, 0.6) is 5.75 Å². The van der Waals surface area contributed by atoms with Crippen LogP contribution in [0, 0.1) is 5.92 Å². The van der Waals surface area contributed by atoms with Gasteiger partial charge in [0.15, 0.2) is 0 Å². The number of piperidine rings is 1. The SMILES string of the molecule is O=C(NNC(=O)C1CCN(C(=O)c2cccnc2)CC1)c1ccc(COc2ccc(Cl)cc2)cc1. The van der Waals surface area contributed by atoms with Crippen LogP contribution in [0.4, 0.5) is 0 Å². The van der Waals surface area contributed by atoms with Gasteiger partial charge in [0.05, 0.1) is 5.56 Å². The molecule has 0 unspecified atom stereocenters. The van der Waals surface area contributed by atoms with E-state index in [0.29, 0.717) is 54.4 Å². The number of nitrogens with one attached hydrogen (secondary N) is 2. The lowest BCUT2D eigenvalue weighted by Gasteiger charge is -2.31. The van der Waals surface area contributed by atoms with Crippen molar-refractivity contribution >= 4 is 29.3 Å². The van der Waals surface area contributed by atoms with E-state index in [2.05, 4.69) is 15.8 Å². The lowest BCUT2D eigenvalue weighted by molar-refractivity contribution is -0.127. The van der Waals surface area contributed by atoms with Crippen molar-refractivity contribution in [2.24, 2.45) is 5.92 Å². The van der Waals surface area contributed by atoms with Gasteiger partial charge in [-0.15, -0.1) is 0 Å². The number of nitrogens with zero attached hydrogens (tertiary/aromatic N) is 2. The van der Waals surface area contributed by atoms with E-state index in [9.17, 15) is 14.4 Å². The van der Waals surface area contributed by atoms with Crippen molar-refractivity contribution in [3.05, 3.63) is 94.8 Å². The largest absolute Gasteiger partial charge is 0.489 e. The molecule has 1 aliphatic rings. The van der Waals surface area contributed by atoms with Gasteiger partial charge in [0.2, 0.25) is 5.91 Å². The Balaban J connectivity index is 1.20. The number of carbonyl (C=O) groups excluding carboxylic acids is 3. The van der Waals surface area contributed by atoms with E-state index < -0.39 is 5.91 Å². The average molecular weight is 493 g/mol. The minimum Gasteiger partial charge on any atom is -0.489 e. The molecule has 8 nitrogen and oxygen atoms in total. The fourth-order valence-electron chi connectivity index (χ4n) is 3.76. The molecular formula is C26H25ClN4O4. The number of ether oxygens (including phenoxy) is 1. The molecule has 0 saturated carbocycles. The highest BCUT2D eigenvalue weighted by Crippen LogP contribution is 2.19. The molecule has 2 aromatic carbocycles. The minimum absolute atomic E-state index is 0.0905. The molecule has 0 aliphatic carbocycles. The molecule has 4 rings (SSSR count). The molecule has 0 spiro atoms. The summed E-state index contributed by atoms with van der Waals surface area (Å²) in [6.07, 6.45) is 4.20. The van der Waals surface area contributed by atoms with Crippen molar-refractivity contribution in [1.82, 2.24) is 20.7 Å². The lowest BCUT2D eigenvalue weighted by Crippen LogP contribution is -2.48. The number of benzene rings is 2. The van der Waals surface area contributed by atoms with Crippen molar-refractivity contribution in [3.63, 3.8) is 0 Å². The first kappa shape index (κ1) is 24.2. The molecule has 2 heterocycles. The fraction of sp³-hybridized carbons (Fsp3) is 0.231. The van der Waals surface area contributed by atoms with E-state index in [-0.39, 0.29) is 17.7 Å². The summed E-state index contributed by atoms with van der Waals surface area (Å²) < 4.78 is 5.70. The second-order valence-electron chi connectivity index (χ2n) is 8.19. The van der Waals surface area contributed by atoms with Gasteiger partial charge in [0.1, 0.15) is 12.4 Å². The summed E-state index contributed by atoms with van der Waals surface area (Å²) in [5.41, 5.74) is 6.82. The molecule has 1 aliphatic heterocycles. The normalized spacial score (nSPS) is 13.7. The number of likely N-dealkylation sites (tertiary alicyclic amines) is 1. The van der Waals surface area contributed by atoms with Crippen LogP contribution in [0.15, 0.2) is 73.1 Å². The number of carbonyl (C=O) groups is 3. The molecule has 180 valence electrons. The summed E-state index contributed by atoms with van der Waals surface area (Å²) in [4.78, 5) is 43.1. The summed E-state index contributed by atoms with van der Waals surface area (Å²) in [6.45, 7) is 1.29. The summed E-state index contributed by atoms with van der Waals surface area (Å²) in [5, 5.41) is 0.640. The number of hydrazine groups is 1. The molecule has 1 fully saturated rings. The molecule has 1 aromatic heterocycles. The van der Waals surface area contributed by atoms with Crippen molar-refractivity contribution in [2.75, 3.05) is 13.1 Å². The minimum atomic E-state index is -0.410. The molecule has 2 N–H and O–H groups in total. The van der Waals surface area contributed by atoms with Crippen molar-refractivity contribution in [3.8, 4) is 5.75 Å². The van der Waals surface area contributed by atoms with Gasteiger partial charge in [-0.25, -0.2) is 0 Å². The van der Waals surface area contributed by atoms with Crippen LogP contribution in [0.1, 0.15) is 39.1 Å². The smallest absolute Gasteiger partial charge is 0.269 e. The molecule has 3 amide bonds. The zero-order valence-electron chi connectivity index (χ0n) is 18.9. The van der Waals surface area contributed by atoms with Gasteiger partial charge in [-0.1, -0.05) is 23.7 Å². The van der Waals surface area contributed by atoms with Gasteiger partial charge in [0, 0.05) is 42.0 Å². The van der Waals surface area contributed by atoms with Crippen LogP contribution >= 0.6 is 11.6 Å². The first-order chi connectivity index (χ1) is 17.0. The predicted octanol–water partition coefficient (Wildman–Crippen LogP) is 3.63. The van der Waals surface area contributed by atoms with E-state index in [1.807, 2.05) is 0 Å². The predicted molar refractivity (Wildman–Crippen MR) is 131 cm³/mol. The number of hydrogen-bond donors (Lipinski definition) is 2. The Morgan fingerprint density at radius 2 is 1.66 bits per heavy atom. The van der Waals surface area contributed by atoms with E-state index in [0.717, 1.165) is 5.56 Å². The Bertz CT molecular complexity index is 1160. The van der Waals surface area contributed by atoms with E-state index in [1.165, 1.54) is 6.20 Å². The van der Waals surface area contributed by atoms with Gasteiger partial charge in [0.25, 0.3) is 11.8 Å². The van der Waals surface area contributed by atoms with Crippen LogP contribution in [0.25, 0.3) is 0 Å². The maximum atomic E-state index is 12.5. The zero-order chi connectivity index (χ0) is 24.6. The topological polar surface area (TPSA) is 101 Å². The highest BCUT2D eigenvalue weighted by atomic mass is 35.5. The lowest BCUT2D eigenvalue weighted by atomic mass is 9.96. The van der Waals surface area contributed by atoms with Gasteiger partial charge in [-0.05, 0) is 66.9 Å². The molecule has 0 atom stereocenters. The van der Waals surface area contributed by atoms with Crippen molar-refractivity contribution < 1.29 is 19.1 Å². The standard InChI is InChI=1S/C26H25ClN4O4/c27-22-7-9-23(10-8-22)35-17-18-3-5-19(6-4-18)24(32)29-30-25(33)20-11-14-31(15-12-20)26(34)21-2-1-13-28-16-21/h1-10,13,16,20H,11-12,14-15,17H2,(H,29,32)(H,30,33). The highest BCUT2D eigenvalue weighted by molar-refractivity contribution is 6.30. The van der Waals surface area contributed by atoms with E-state index in [1.54, 1.807) is 71.8 Å². The first-order valence-corrected chi connectivity index (χ1v) is 11.6. The molecule has 0 radical (unpaired) electrons. The van der Waals surface area contributed by atoms with E-state index in [4.69, 9.17) is 16.3 Å². The number of amides is 3. The number of pyridine rings is 1. The van der Waals surface area contributed by atoms with Crippen molar-refractivity contribution in [1.29, 1.82) is 0 Å². The summed E-state index contributed by atoms with van der Waals surface area (Å²) >= 11 is 5.87. The van der Waals surface area contributed by atoms with Gasteiger partial charge in [-0.3, -0.25) is 30.2 Å². The highest BCUT2D eigenvalue weighted by Gasteiger charge is 2.28. The van der Waals surface area contributed by atoms with Crippen LogP contribution in [-0.2, 0) is 11.4 Å². The summed E-state index contributed by atoms with van der Waals surface area (Å²) in [6, 6.07) is 17.5.